The third kappa shape index (κ3) is 11.4. The minimum atomic E-state index is 0.0227. The highest BCUT2D eigenvalue weighted by Gasteiger charge is 2.36. The highest BCUT2D eigenvalue weighted by Crippen LogP contribution is 2.32. The first kappa shape index (κ1) is 23.7. The Morgan fingerprint density at radius 2 is 1.36 bits per heavy atom. The van der Waals surface area contributed by atoms with Crippen LogP contribution in [0.4, 0.5) is 0 Å². The van der Waals surface area contributed by atoms with Gasteiger partial charge >= 0.3 is 5.97 Å². The molecule has 1 saturated carbocycles. The highest BCUT2D eigenvalue weighted by atomic mass is 16.6. The molecule has 0 N–H and O–H groups in total. The summed E-state index contributed by atoms with van der Waals surface area (Å²) in [6.07, 6.45) is 25.0. The molecule has 0 aromatic rings. The Bertz CT molecular complexity index is 389. The van der Waals surface area contributed by atoms with Crippen molar-refractivity contribution in [2.75, 3.05) is 6.61 Å². The molecule has 1 aliphatic heterocycles. The summed E-state index contributed by atoms with van der Waals surface area (Å²) < 4.78 is 11.3. The van der Waals surface area contributed by atoms with Gasteiger partial charge in [0, 0.05) is 6.42 Å². The molecule has 1 aliphatic carbocycles. The average molecular weight is 395 g/mol. The third-order valence-corrected chi connectivity index (χ3v) is 6.60. The van der Waals surface area contributed by atoms with E-state index in [1.54, 1.807) is 0 Å². The van der Waals surface area contributed by atoms with E-state index in [1.807, 2.05) is 0 Å². The van der Waals surface area contributed by atoms with E-state index in [9.17, 15) is 4.79 Å². The number of epoxide rings is 1. The summed E-state index contributed by atoms with van der Waals surface area (Å²) in [6, 6.07) is 0. The van der Waals surface area contributed by atoms with Crippen molar-refractivity contribution < 1.29 is 14.3 Å². The smallest absolute Gasteiger partial charge is 0.305 e. The molecule has 0 spiro atoms. The molecule has 2 rings (SSSR count). The molecule has 1 saturated heterocycles. The first-order valence-electron chi connectivity index (χ1n) is 12.6. The molecule has 2 fully saturated rings. The number of esters is 1. The van der Waals surface area contributed by atoms with Crippen LogP contribution in [0.2, 0.25) is 0 Å². The van der Waals surface area contributed by atoms with Gasteiger partial charge in [0.2, 0.25) is 0 Å². The van der Waals surface area contributed by atoms with Crippen LogP contribution in [0, 0.1) is 5.92 Å². The lowest BCUT2D eigenvalue weighted by Crippen LogP contribution is -2.16. The zero-order valence-corrected chi connectivity index (χ0v) is 18.6. The predicted octanol–water partition coefficient (Wildman–Crippen LogP) is 7.36. The molecule has 0 aromatic heterocycles. The standard InChI is InChI=1S/C25H46O3/c1-2-3-4-5-7-13-18-23-24(28-23)19-14-8-6-9-15-20-25(26)27-21-22-16-11-10-12-17-22/h22-24H,2-21H2,1H3. The van der Waals surface area contributed by atoms with Crippen molar-refractivity contribution in [2.24, 2.45) is 5.92 Å². The van der Waals surface area contributed by atoms with E-state index in [1.165, 1.54) is 103 Å². The molecule has 2 atom stereocenters. The molecule has 0 bridgehead atoms. The molecule has 0 aromatic carbocycles. The lowest BCUT2D eigenvalue weighted by atomic mass is 9.90. The van der Waals surface area contributed by atoms with Crippen molar-refractivity contribution in [3.05, 3.63) is 0 Å². The number of hydrogen-bond acceptors (Lipinski definition) is 3. The van der Waals surface area contributed by atoms with Gasteiger partial charge in [-0.3, -0.25) is 4.79 Å². The molecule has 1 heterocycles. The Kier molecular flexibility index (Phi) is 12.9. The molecule has 164 valence electrons. The number of ether oxygens (including phenoxy) is 2. The largest absolute Gasteiger partial charge is 0.465 e. The third-order valence-electron chi connectivity index (χ3n) is 6.60. The van der Waals surface area contributed by atoms with Crippen molar-refractivity contribution in [2.45, 2.75) is 141 Å². The monoisotopic (exact) mass is 394 g/mol. The van der Waals surface area contributed by atoms with Crippen LogP contribution in [0.5, 0.6) is 0 Å². The lowest BCUT2D eigenvalue weighted by Gasteiger charge is -2.20. The quantitative estimate of drug-likeness (QED) is 0.147. The van der Waals surface area contributed by atoms with Gasteiger partial charge in [-0.2, -0.15) is 0 Å². The molecule has 3 heteroatoms. The molecular formula is C25H46O3. The minimum absolute atomic E-state index is 0.0227. The SMILES string of the molecule is CCCCCCCCC1OC1CCCCCCCC(=O)OCC1CCCCC1. The molecular weight excluding hydrogens is 348 g/mol. The summed E-state index contributed by atoms with van der Waals surface area (Å²) in [5, 5.41) is 0. The van der Waals surface area contributed by atoms with E-state index in [0.717, 1.165) is 12.8 Å². The first-order valence-corrected chi connectivity index (χ1v) is 12.6. The van der Waals surface area contributed by atoms with E-state index in [4.69, 9.17) is 9.47 Å². The van der Waals surface area contributed by atoms with Crippen LogP contribution in [0.25, 0.3) is 0 Å². The van der Waals surface area contributed by atoms with Crippen molar-refractivity contribution >= 4 is 5.97 Å². The zero-order chi connectivity index (χ0) is 19.9. The lowest BCUT2D eigenvalue weighted by molar-refractivity contribution is -0.145. The Balaban J connectivity index is 1.30. The summed E-state index contributed by atoms with van der Waals surface area (Å²) in [6.45, 7) is 2.94. The van der Waals surface area contributed by atoms with Crippen LogP contribution < -0.4 is 0 Å². The van der Waals surface area contributed by atoms with Crippen molar-refractivity contribution in [3.8, 4) is 0 Å². The second kappa shape index (κ2) is 15.3. The molecule has 0 amide bonds. The van der Waals surface area contributed by atoms with Gasteiger partial charge in [0.1, 0.15) is 0 Å². The maximum atomic E-state index is 11.8. The maximum Gasteiger partial charge on any atom is 0.305 e. The van der Waals surface area contributed by atoms with Gasteiger partial charge < -0.3 is 9.47 Å². The number of carbonyl (C=O) groups excluding carboxylic acids is 1. The fourth-order valence-corrected chi connectivity index (χ4v) is 4.59. The summed E-state index contributed by atoms with van der Waals surface area (Å²) in [7, 11) is 0. The number of rotatable bonds is 17. The molecule has 28 heavy (non-hydrogen) atoms. The van der Waals surface area contributed by atoms with Crippen LogP contribution in [-0.4, -0.2) is 24.8 Å². The van der Waals surface area contributed by atoms with Crippen LogP contribution >= 0.6 is 0 Å². The van der Waals surface area contributed by atoms with Crippen molar-refractivity contribution in [1.82, 2.24) is 0 Å². The predicted molar refractivity (Wildman–Crippen MR) is 117 cm³/mol. The van der Waals surface area contributed by atoms with Crippen LogP contribution in [0.15, 0.2) is 0 Å². The average Bonchev–Trinajstić information content (AvgIpc) is 3.47. The first-order chi connectivity index (χ1) is 13.8. The fraction of sp³-hybridized carbons (Fsp3) is 0.960. The Labute approximate surface area is 174 Å². The molecule has 2 aliphatic rings. The number of carbonyl (C=O) groups is 1. The van der Waals surface area contributed by atoms with Gasteiger partial charge in [-0.05, 0) is 38.0 Å². The maximum absolute atomic E-state index is 11.8. The van der Waals surface area contributed by atoms with Crippen LogP contribution in [-0.2, 0) is 14.3 Å². The summed E-state index contributed by atoms with van der Waals surface area (Å²) in [5.74, 6) is 0.654. The van der Waals surface area contributed by atoms with Gasteiger partial charge in [-0.1, -0.05) is 90.4 Å². The van der Waals surface area contributed by atoms with Gasteiger partial charge in [0.25, 0.3) is 0 Å². The molecule has 3 nitrogen and oxygen atoms in total. The number of hydrogen-bond donors (Lipinski definition) is 0. The summed E-state index contributed by atoms with van der Waals surface area (Å²) in [5.41, 5.74) is 0. The van der Waals surface area contributed by atoms with Gasteiger partial charge in [0.05, 0.1) is 18.8 Å². The van der Waals surface area contributed by atoms with Gasteiger partial charge in [-0.25, -0.2) is 0 Å². The van der Waals surface area contributed by atoms with E-state index in [2.05, 4.69) is 6.92 Å². The van der Waals surface area contributed by atoms with Crippen LogP contribution in [0.3, 0.4) is 0 Å². The van der Waals surface area contributed by atoms with Crippen molar-refractivity contribution in [3.63, 3.8) is 0 Å². The normalized spacial score (nSPS) is 22.3. The molecule has 0 radical (unpaired) electrons. The second-order valence-electron chi connectivity index (χ2n) is 9.26. The second-order valence-corrected chi connectivity index (χ2v) is 9.26. The van der Waals surface area contributed by atoms with E-state index in [-0.39, 0.29) is 5.97 Å². The molecule has 2 unspecified atom stereocenters. The van der Waals surface area contributed by atoms with Crippen LogP contribution in [0.1, 0.15) is 129 Å². The van der Waals surface area contributed by atoms with E-state index in [0.29, 0.717) is 31.2 Å². The van der Waals surface area contributed by atoms with Gasteiger partial charge in [-0.15, -0.1) is 0 Å². The Hall–Kier alpha value is -0.570. The van der Waals surface area contributed by atoms with Gasteiger partial charge in [0.15, 0.2) is 0 Å². The topological polar surface area (TPSA) is 38.8 Å². The Morgan fingerprint density at radius 1 is 0.786 bits per heavy atom. The van der Waals surface area contributed by atoms with Crippen molar-refractivity contribution in [1.29, 1.82) is 0 Å². The zero-order valence-electron chi connectivity index (χ0n) is 18.6. The highest BCUT2D eigenvalue weighted by molar-refractivity contribution is 5.69. The summed E-state index contributed by atoms with van der Waals surface area (Å²) in [4.78, 5) is 11.8. The minimum Gasteiger partial charge on any atom is -0.465 e. The summed E-state index contributed by atoms with van der Waals surface area (Å²) >= 11 is 0. The fourth-order valence-electron chi connectivity index (χ4n) is 4.59. The Morgan fingerprint density at radius 3 is 2.00 bits per heavy atom. The van der Waals surface area contributed by atoms with E-state index < -0.39 is 0 Å². The van der Waals surface area contributed by atoms with E-state index >= 15 is 0 Å². The number of unbranched alkanes of at least 4 members (excludes halogenated alkanes) is 9.